The van der Waals surface area contributed by atoms with E-state index in [9.17, 15) is 0 Å². The molecular formula is C15H25ClN2O2. The van der Waals surface area contributed by atoms with Crippen molar-refractivity contribution >= 4 is 12.4 Å². The molecular weight excluding hydrogens is 276 g/mol. The van der Waals surface area contributed by atoms with Crippen molar-refractivity contribution in [2.75, 3.05) is 34.4 Å². The summed E-state index contributed by atoms with van der Waals surface area (Å²) in [5.74, 6) is 1.75. The molecule has 0 bridgehead atoms. The number of nitrogens with zero attached hydrogens (tertiary/aromatic N) is 1. The molecule has 0 saturated carbocycles. The van der Waals surface area contributed by atoms with E-state index < -0.39 is 0 Å². The molecule has 1 unspecified atom stereocenters. The Balaban J connectivity index is 0.00000200. The molecule has 1 fully saturated rings. The van der Waals surface area contributed by atoms with Crippen LogP contribution >= 0.6 is 12.4 Å². The van der Waals surface area contributed by atoms with Gasteiger partial charge < -0.3 is 14.8 Å². The zero-order chi connectivity index (χ0) is 13.7. The highest BCUT2D eigenvalue weighted by Crippen LogP contribution is 2.26. The van der Waals surface area contributed by atoms with E-state index in [0.29, 0.717) is 6.04 Å². The van der Waals surface area contributed by atoms with Gasteiger partial charge in [0.1, 0.15) is 11.5 Å². The van der Waals surface area contributed by atoms with E-state index in [1.54, 1.807) is 14.2 Å². The van der Waals surface area contributed by atoms with Gasteiger partial charge in [-0.3, -0.25) is 4.90 Å². The number of methoxy groups -OCH3 is 2. The third kappa shape index (κ3) is 4.27. The van der Waals surface area contributed by atoms with Gasteiger partial charge in [0.05, 0.1) is 14.2 Å². The van der Waals surface area contributed by atoms with Gasteiger partial charge >= 0.3 is 0 Å². The molecule has 1 aliphatic rings. The van der Waals surface area contributed by atoms with E-state index in [4.69, 9.17) is 9.47 Å². The van der Waals surface area contributed by atoms with E-state index in [1.807, 2.05) is 19.2 Å². The van der Waals surface area contributed by atoms with Gasteiger partial charge in [-0.15, -0.1) is 12.4 Å². The SMILES string of the molecule is CNC1CCCN(Cc2ccc(OC)cc2OC)C1.Cl. The zero-order valence-corrected chi connectivity index (χ0v) is 13.3. The van der Waals surface area contributed by atoms with Crippen molar-refractivity contribution in [3.8, 4) is 11.5 Å². The number of piperidine rings is 1. The normalized spacial score (nSPS) is 19.2. The van der Waals surface area contributed by atoms with Crippen LogP contribution in [0.1, 0.15) is 18.4 Å². The maximum Gasteiger partial charge on any atom is 0.127 e. The highest BCUT2D eigenvalue weighted by atomic mass is 35.5. The predicted molar refractivity (Wildman–Crippen MR) is 84.2 cm³/mol. The van der Waals surface area contributed by atoms with Crippen LogP contribution < -0.4 is 14.8 Å². The molecule has 20 heavy (non-hydrogen) atoms. The summed E-state index contributed by atoms with van der Waals surface area (Å²) in [6.07, 6.45) is 2.52. The fourth-order valence-electron chi connectivity index (χ4n) is 2.66. The largest absolute Gasteiger partial charge is 0.497 e. The number of likely N-dealkylation sites (tertiary alicyclic amines) is 1. The van der Waals surface area contributed by atoms with Gasteiger partial charge in [0.2, 0.25) is 0 Å². The summed E-state index contributed by atoms with van der Waals surface area (Å²) in [4.78, 5) is 2.48. The third-order valence-corrected chi connectivity index (χ3v) is 3.80. The maximum atomic E-state index is 5.46. The average molecular weight is 301 g/mol. The molecule has 1 aliphatic heterocycles. The Labute approximate surface area is 127 Å². The third-order valence-electron chi connectivity index (χ3n) is 3.80. The van der Waals surface area contributed by atoms with Gasteiger partial charge in [-0.25, -0.2) is 0 Å². The summed E-state index contributed by atoms with van der Waals surface area (Å²) in [6, 6.07) is 6.66. The van der Waals surface area contributed by atoms with Crippen LogP contribution in [-0.4, -0.2) is 45.3 Å². The van der Waals surface area contributed by atoms with E-state index in [2.05, 4.69) is 16.3 Å². The molecule has 0 aromatic heterocycles. The molecule has 1 saturated heterocycles. The summed E-state index contributed by atoms with van der Waals surface area (Å²) in [5, 5.41) is 3.37. The van der Waals surface area contributed by atoms with Crippen LogP contribution in [0.25, 0.3) is 0 Å². The average Bonchev–Trinajstić information content (AvgIpc) is 2.48. The van der Waals surface area contributed by atoms with E-state index in [-0.39, 0.29) is 12.4 Å². The van der Waals surface area contributed by atoms with Crippen LogP contribution in [0, 0.1) is 0 Å². The van der Waals surface area contributed by atoms with Crippen molar-refractivity contribution in [1.82, 2.24) is 10.2 Å². The number of likely N-dealkylation sites (N-methyl/N-ethyl adjacent to an activating group) is 1. The second-order valence-corrected chi connectivity index (χ2v) is 5.04. The predicted octanol–water partition coefficient (Wildman–Crippen LogP) is 2.31. The highest BCUT2D eigenvalue weighted by Gasteiger charge is 2.19. The number of nitrogens with one attached hydrogen (secondary N) is 1. The maximum absolute atomic E-state index is 5.46. The summed E-state index contributed by atoms with van der Waals surface area (Å²) in [6.45, 7) is 3.20. The lowest BCUT2D eigenvalue weighted by molar-refractivity contribution is 0.186. The minimum Gasteiger partial charge on any atom is -0.497 e. The monoisotopic (exact) mass is 300 g/mol. The Morgan fingerprint density at radius 3 is 2.75 bits per heavy atom. The fourth-order valence-corrected chi connectivity index (χ4v) is 2.66. The van der Waals surface area contributed by atoms with Crippen LogP contribution in [0.3, 0.4) is 0 Å². The first-order chi connectivity index (χ1) is 9.26. The van der Waals surface area contributed by atoms with Gasteiger partial charge in [0, 0.05) is 30.8 Å². The Morgan fingerprint density at radius 1 is 1.30 bits per heavy atom. The summed E-state index contributed by atoms with van der Waals surface area (Å²) < 4.78 is 10.7. The van der Waals surface area contributed by atoms with Crippen LogP contribution in [0.5, 0.6) is 11.5 Å². The molecule has 0 spiro atoms. The molecule has 0 amide bonds. The number of ether oxygens (including phenoxy) is 2. The van der Waals surface area contributed by atoms with Crippen LogP contribution in [0.2, 0.25) is 0 Å². The number of hydrogen-bond donors (Lipinski definition) is 1. The first-order valence-electron chi connectivity index (χ1n) is 6.87. The van der Waals surface area contributed by atoms with Gasteiger partial charge in [-0.05, 0) is 32.5 Å². The molecule has 5 heteroatoms. The Hall–Kier alpha value is -0.970. The molecule has 2 rings (SSSR count). The molecule has 1 aromatic carbocycles. The zero-order valence-electron chi connectivity index (χ0n) is 12.5. The highest BCUT2D eigenvalue weighted by molar-refractivity contribution is 5.85. The Morgan fingerprint density at radius 2 is 2.10 bits per heavy atom. The van der Waals surface area contributed by atoms with Crippen molar-refractivity contribution in [2.24, 2.45) is 0 Å². The van der Waals surface area contributed by atoms with Crippen molar-refractivity contribution < 1.29 is 9.47 Å². The number of rotatable bonds is 5. The van der Waals surface area contributed by atoms with Crippen molar-refractivity contribution in [2.45, 2.75) is 25.4 Å². The summed E-state index contributed by atoms with van der Waals surface area (Å²) >= 11 is 0. The second-order valence-electron chi connectivity index (χ2n) is 5.04. The van der Waals surface area contributed by atoms with E-state index >= 15 is 0 Å². The van der Waals surface area contributed by atoms with Crippen LogP contribution in [-0.2, 0) is 6.54 Å². The molecule has 4 nitrogen and oxygen atoms in total. The molecule has 114 valence electrons. The number of hydrogen-bond acceptors (Lipinski definition) is 4. The molecule has 1 aromatic rings. The molecule has 0 aliphatic carbocycles. The lowest BCUT2D eigenvalue weighted by Crippen LogP contribution is -2.43. The quantitative estimate of drug-likeness (QED) is 0.905. The van der Waals surface area contributed by atoms with Crippen molar-refractivity contribution in [3.05, 3.63) is 23.8 Å². The van der Waals surface area contributed by atoms with E-state index in [0.717, 1.165) is 31.1 Å². The Kier molecular flexibility index (Phi) is 7.13. The minimum atomic E-state index is 0. The standard InChI is InChI=1S/C15H24N2O2.ClH/c1-16-13-5-4-8-17(11-13)10-12-6-7-14(18-2)9-15(12)19-3;/h6-7,9,13,16H,4-5,8,10-11H2,1-3H3;1H. The topological polar surface area (TPSA) is 33.7 Å². The lowest BCUT2D eigenvalue weighted by atomic mass is 10.0. The van der Waals surface area contributed by atoms with E-state index in [1.165, 1.54) is 18.4 Å². The van der Waals surface area contributed by atoms with Crippen molar-refractivity contribution in [1.29, 1.82) is 0 Å². The number of benzene rings is 1. The van der Waals surface area contributed by atoms with Gasteiger partial charge in [-0.2, -0.15) is 0 Å². The second kappa shape index (κ2) is 8.35. The van der Waals surface area contributed by atoms with Gasteiger partial charge in [0.25, 0.3) is 0 Å². The summed E-state index contributed by atoms with van der Waals surface area (Å²) in [5.41, 5.74) is 1.22. The number of halogens is 1. The summed E-state index contributed by atoms with van der Waals surface area (Å²) in [7, 11) is 5.43. The fraction of sp³-hybridized carbons (Fsp3) is 0.600. The van der Waals surface area contributed by atoms with Gasteiger partial charge in [-0.1, -0.05) is 6.07 Å². The van der Waals surface area contributed by atoms with Crippen LogP contribution in [0.15, 0.2) is 18.2 Å². The minimum absolute atomic E-state index is 0. The van der Waals surface area contributed by atoms with Gasteiger partial charge in [0.15, 0.2) is 0 Å². The lowest BCUT2D eigenvalue weighted by Gasteiger charge is -2.32. The van der Waals surface area contributed by atoms with Crippen LogP contribution in [0.4, 0.5) is 0 Å². The Bertz CT molecular complexity index is 415. The molecule has 1 N–H and O–H groups in total. The first kappa shape index (κ1) is 17.1. The smallest absolute Gasteiger partial charge is 0.127 e. The molecule has 1 heterocycles. The molecule has 0 radical (unpaired) electrons. The molecule has 1 atom stereocenters. The first-order valence-corrected chi connectivity index (χ1v) is 6.87. The van der Waals surface area contributed by atoms with Crippen molar-refractivity contribution in [3.63, 3.8) is 0 Å².